The van der Waals surface area contributed by atoms with Crippen molar-refractivity contribution in [2.24, 2.45) is 0 Å². The van der Waals surface area contributed by atoms with Crippen molar-refractivity contribution in [3.05, 3.63) is 150 Å². The third-order valence-electron chi connectivity index (χ3n) is 7.59. The summed E-state index contributed by atoms with van der Waals surface area (Å²) in [5.41, 5.74) is 7.00. The summed E-state index contributed by atoms with van der Waals surface area (Å²) >= 11 is 0. The molecule has 2 heterocycles. The van der Waals surface area contributed by atoms with Gasteiger partial charge in [-0.1, -0.05) is 73.8 Å². The second-order valence-electron chi connectivity index (χ2n) is 10.6. The summed E-state index contributed by atoms with van der Waals surface area (Å²) in [6, 6.07) is 31.3. The van der Waals surface area contributed by atoms with Crippen LogP contribution in [-0.4, -0.2) is 19.6 Å². The molecule has 6 rings (SSSR count). The molecule has 44 heavy (non-hydrogen) atoms. The lowest BCUT2D eigenvalue weighted by molar-refractivity contribution is 0.832. The Morgan fingerprint density at radius 2 is 0.932 bits per heavy atom. The summed E-state index contributed by atoms with van der Waals surface area (Å²) < 4.78 is 3.03. The Labute approximate surface area is 253 Å². The zero-order valence-electron chi connectivity index (χ0n) is 24.5. The number of hydrogen-bond donors (Lipinski definition) is 4. The normalized spacial score (nSPS) is 12.0. The summed E-state index contributed by atoms with van der Waals surface area (Å²) in [6.07, 6.45) is 3.36. The largest absolute Gasteiger partial charge is 0.361 e. The van der Waals surface area contributed by atoms with E-state index in [-0.39, 0.29) is 11.1 Å². The molecule has 218 valence electrons. The standard InChI is InChI=1S/C36H32N6O2/c1-23-9-5-7-11-33(23)41-35(43)31(25(3)39-41)21-37-29-17-13-27(14-18-29)28-15-19-30(20-16-28)38-22-32-26(4)40-42(36(32)44)34-12-8-6-10-24(34)2/h5-22,37-40H,3-4H2,1-2H3. The Bertz CT molecular complexity index is 2160. The molecule has 0 fully saturated rings. The molecule has 0 aliphatic rings. The SMILES string of the molecule is C=c1[nH]n(-c2ccccc2C)c(=O)c1=CNc1ccc(-c2ccc(NC=c3c(=C)[nH]n(-c4ccccc4C)c3=O)cc2)cc1. The molecule has 4 N–H and O–H groups in total. The van der Waals surface area contributed by atoms with E-state index in [1.807, 2.05) is 111 Å². The number of para-hydroxylation sites is 2. The van der Waals surface area contributed by atoms with Gasteiger partial charge in [0.2, 0.25) is 0 Å². The lowest BCUT2D eigenvalue weighted by Gasteiger charge is -2.06. The average molecular weight is 581 g/mol. The number of H-pyrrole nitrogens is 2. The van der Waals surface area contributed by atoms with Gasteiger partial charge in [-0.25, -0.2) is 9.36 Å². The van der Waals surface area contributed by atoms with E-state index in [0.717, 1.165) is 45.0 Å². The van der Waals surface area contributed by atoms with Gasteiger partial charge in [0.25, 0.3) is 11.1 Å². The third kappa shape index (κ3) is 5.44. The Hall–Kier alpha value is -6.02. The number of aromatic amines is 2. The Balaban J connectivity index is 1.16. The van der Waals surface area contributed by atoms with Crippen LogP contribution in [0.3, 0.4) is 0 Å². The van der Waals surface area contributed by atoms with Gasteiger partial charge in [0.05, 0.1) is 32.5 Å². The molecule has 0 aliphatic carbocycles. The molecule has 0 saturated heterocycles. The van der Waals surface area contributed by atoms with Gasteiger partial charge in [-0.3, -0.25) is 19.8 Å². The second kappa shape index (κ2) is 11.7. The van der Waals surface area contributed by atoms with E-state index in [1.165, 1.54) is 9.36 Å². The van der Waals surface area contributed by atoms with Gasteiger partial charge in [0.1, 0.15) is 0 Å². The van der Waals surface area contributed by atoms with Crippen molar-refractivity contribution < 1.29 is 0 Å². The van der Waals surface area contributed by atoms with Crippen LogP contribution in [0.2, 0.25) is 0 Å². The van der Waals surface area contributed by atoms with Gasteiger partial charge in [-0.2, -0.15) is 0 Å². The molecule has 0 radical (unpaired) electrons. The monoisotopic (exact) mass is 580 g/mol. The highest BCUT2D eigenvalue weighted by Gasteiger charge is 2.08. The number of nitrogens with one attached hydrogen (secondary N) is 4. The van der Waals surface area contributed by atoms with Crippen molar-refractivity contribution >= 4 is 36.9 Å². The van der Waals surface area contributed by atoms with Crippen molar-refractivity contribution in [3.63, 3.8) is 0 Å². The van der Waals surface area contributed by atoms with Crippen molar-refractivity contribution in [1.29, 1.82) is 0 Å². The number of aromatic nitrogens is 4. The minimum absolute atomic E-state index is 0.167. The molecule has 2 aromatic heterocycles. The van der Waals surface area contributed by atoms with Crippen LogP contribution in [0.4, 0.5) is 11.4 Å². The molecular formula is C36H32N6O2. The van der Waals surface area contributed by atoms with Crippen molar-refractivity contribution in [3.8, 4) is 22.5 Å². The Kier molecular flexibility index (Phi) is 7.47. The summed E-state index contributed by atoms with van der Waals surface area (Å²) in [5.74, 6) is 0. The van der Waals surface area contributed by atoms with Crippen LogP contribution in [0.1, 0.15) is 11.1 Å². The Morgan fingerprint density at radius 3 is 1.30 bits per heavy atom. The first-order chi connectivity index (χ1) is 21.3. The van der Waals surface area contributed by atoms with E-state index in [2.05, 4.69) is 34.0 Å². The van der Waals surface area contributed by atoms with Gasteiger partial charge in [-0.05, 0) is 72.5 Å². The first kappa shape index (κ1) is 28.1. The lowest BCUT2D eigenvalue weighted by Crippen LogP contribution is -2.34. The fraction of sp³-hybridized carbons (Fsp3) is 0.0556. The van der Waals surface area contributed by atoms with E-state index in [1.54, 1.807) is 12.4 Å². The first-order valence-electron chi connectivity index (χ1n) is 14.2. The number of anilines is 2. The summed E-state index contributed by atoms with van der Waals surface area (Å²) in [7, 11) is 0. The van der Waals surface area contributed by atoms with E-state index in [4.69, 9.17) is 0 Å². The van der Waals surface area contributed by atoms with Crippen molar-refractivity contribution in [2.75, 3.05) is 10.6 Å². The number of hydrogen-bond acceptors (Lipinski definition) is 4. The van der Waals surface area contributed by atoms with Gasteiger partial charge in [0.15, 0.2) is 0 Å². The van der Waals surface area contributed by atoms with Crippen LogP contribution in [0, 0.1) is 13.8 Å². The number of rotatable bonds is 7. The molecule has 0 bridgehead atoms. The minimum atomic E-state index is -0.167. The topological polar surface area (TPSA) is 99.6 Å². The highest BCUT2D eigenvalue weighted by molar-refractivity contribution is 5.70. The maximum atomic E-state index is 13.1. The van der Waals surface area contributed by atoms with E-state index in [9.17, 15) is 9.59 Å². The molecule has 8 nitrogen and oxygen atoms in total. The minimum Gasteiger partial charge on any atom is -0.361 e. The zero-order valence-corrected chi connectivity index (χ0v) is 24.5. The van der Waals surface area contributed by atoms with Crippen LogP contribution < -0.4 is 42.9 Å². The predicted molar refractivity (Wildman–Crippen MR) is 180 cm³/mol. The van der Waals surface area contributed by atoms with Gasteiger partial charge < -0.3 is 10.6 Å². The maximum Gasteiger partial charge on any atom is 0.280 e. The third-order valence-corrected chi connectivity index (χ3v) is 7.59. The fourth-order valence-corrected chi connectivity index (χ4v) is 5.09. The van der Waals surface area contributed by atoms with E-state index in [0.29, 0.717) is 21.1 Å². The quantitative estimate of drug-likeness (QED) is 0.233. The number of benzene rings is 4. The van der Waals surface area contributed by atoms with Crippen LogP contribution >= 0.6 is 0 Å². The lowest BCUT2D eigenvalue weighted by atomic mass is 10.1. The molecule has 4 aromatic carbocycles. The molecule has 0 atom stereocenters. The van der Waals surface area contributed by atoms with Gasteiger partial charge >= 0.3 is 0 Å². The van der Waals surface area contributed by atoms with Crippen LogP contribution in [0.15, 0.2) is 107 Å². The molecule has 0 spiro atoms. The van der Waals surface area contributed by atoms with Crippen LogP contribution in [0.5, 0.6) is 0 Å². The first-order valence-corrected chi connectivity index (χ1v) is 14.2. The molecule has 0 unspecified atom stereocenters. The summed E-state index contributed by atoms with van der Waals surface area (Å²) in [5, 5.41) is 14.6. The smallest absolute Gasteiger partial charge is 0.280 e. The highest BCUT2D eigenvalue weighted by atomic mass is 16.1. The Morgan fingerprint density at radius 1 is 0.568 bits per heavy atom. The van der Waals surface area contributed by atoms with Crippen molar-refractivity contribution in [1.82, 2.24) is 19.6 Å². The van der Waals surface area contributed by atoms with Crippen LogP contribution in [0.25, 0.3) is 48.1 Å². The number of nitrogens with zero attached hydrogens (tertiary/aromatic N) is 2. The molecule has 0 amide bonds. The van der Waals surface area contributed by atoms with Gasteiger partial charge in [0, 0.05) is 23.8 Å². The zero-order chi connectivity index (χ0) is 30.8. The molecular weight excluding hydrogens is 548 g/mol. The molecule has 0 aliphatic heterocycles. The van der Waals surface area contributed by atoms with E-state index < -0.39 is 0 Å². The molecule has 6 aromatic rings. The predicted octanol–water partition coefficient (Wildman–Crippen LogP) is 3.45. The maximum absolute atomic E-state index is 13.1. The number of aryl methyl sites for hydroxylation is 2. The van der Waals surface area contributed by atoms with Gasteiger partial charge in [-0.15, -0.1) is 0 Å². The molecule has 8 heteroatoms. The summed E-state index contributed by atoms with van der Waals surface area (Å²) in [4.78, 5) is 26.1. The average Bonchev–Trinajstić information content (AvgIpc) is 3.48. The highest BCUT2D eigenvalue weighted by Crippen LogP contribution is 2.23. The summed E-state index contributed by atoms with van der Waals surface area (Å²) in [6.45, 7) is 11.9. The van der Waals surface area contributed by atoms with E-state index >= 15 is 0 Å². The second-order valence-corrected chi connectivity index (χ2v) is 10.6. The van der Waals surface area contributed by atoms with Crippen LogP contribution in [-0.2, 0) is 0 Å². The fourth-order valence-electron chi connectivity index (χ4n) is 5.09. The molecule has 0 saturated carbocycles. The van der Waals surface area contributed by atoms with Crippen molar-refractivity contribution in [2.45, 2.75) is 13.8 Å².